The first-order valence-corrected chi connectivity index (χ1v) is 9.91. The average Bonchev–Trinajstić information content (AvgIpc) is 2.79. The van der Waals surface area contributed by atoms with Gasteiger partial charge in [-0.05, 0) is 43.3 Å². The summed E-state index contributed by atoms with van der Waals surface area (Å²) in [6, 6.07) is 10.7. The van der Waals surface area contributed by atoms with Crippen LogP contribution in [0, 0.1) is 0 Å². The number of hydrogen-bond donors (Lipinski definition) is 1. The molecule has 0 radical (unpaired) electrons. The second-order valence-corrected chi connectivity index (χ2v) is 6.96. The van der Waals surface area contributed by atoms with E-state index in [2.05, 4.69) is 15.3 Å². The number of rotatable bonds is 4. The molecule has 0 unspecified atom stereocenters. The minimum absolute atomic E-state index is 0.153. The van der Waals surface area contributed by atoms with Gasteiger partial charge in [-0.25, -0.2) is 14.8 Å². The molecule has 1 fully saturated rings. The van der Waals surface area contributed by atoms with Crippen LogP contribution >= 0.6 is 0 Å². The molecule has 2 amide bonds. The van der Waals surface area contributed by atoms with Crippen LogP contribution in [0.25, 0.3) is 11.2 Å². The number of aromatic nitrogens is 3. The lowest BCUT2D eigenvalue weighted by Crippen LogP contribution is -2.51. The molecule has 0 saturated carbocycles. The third-order valence-electron chi connectivity index (χ3n) is 5.21. The maximum Gasteiger partial charge on any atom is 0.321 e. The number of fused-ring (bicyclic) bond motifs is 1. The molecular formula is C21H24N6O3. The Labute approximate surface area is 173 Å². The first kappa shape index (κ1) is 19.7. The number of hydrogen-bond acceptors (Lipinski definition) is 6. The highest BCUT2D eigenvalue weighted by molar-refractivity contribution is 5.89. The van der Waals surface area contributed by atoms with Gasteiger partial charge in [0.25, 0.3) is 5.56 Å². The lowest BCUT2D eigenvalue weighted by atomic mass is 10.3. The highest BCUT2D eigenvalue weighted by Crippen LogP contribution is 2.17. The quantitative estimate of drug-likeness (QED) is 0.711. The molecule has 1 saturated heterocycles. The summed E-state index contributed by atoms with van der Waals surface area (Å²) < 4.78 is 6.77. The molecule has 1 aliphatic heterocycles. The van der Waals surface area contributed by atoms with Crippen molar-refractivity contribution in [3.05, 3.63) is 52.9 Å². The molecule has 0 spiro atoms. The molecule has 0 atom stereocenters. The van der Waals surface area contributed by atoms with Gasteiger partial charge in [-0.2, -0.15) is 0 Å². The van der Waals surface area contributed by atoms with Crippen LogP contribution in [0.1, 0.15) is 6.92 Å². The lowest BCUT2D eigenvalue weighted by molar-refractivity contribution is 0.208. The van der Waals surface area contributed by atoms with Crippen molar-refractivity contribution in [2.75, 3.05) is 43.5 Å². The minimum Gasteiger partial charge on any atom is -0.497 e. The van der Waals surface area contributed by atoms with Crippen molar-refractivity contribution in [1.29, 1.82) is 0 Å². The zero-order chi connectivity index (χ0) is 21.1. The number of urea groups is 1. The van der Waals surface area contributed by atoms with E-state index in [1.807, 2.05) is 24.0 Å². The maximum absolute atomic E-state index is 12.9. The molecular weight excluding hydrogens is 384 g/mol. The monoisotopic (exact) mass is 408 g/mol. The predicted octanol–water partition coefficient (Wildman–Crippen LogP) is 2.17. The van der Waals surface area contributed by atoms with Gasteiger partial charge in [0.05, 0.1) is 7.11 Å². The summed E-state index contributed by atoms with van der Waals surface area (Å²) in [4.78, 5) is 38.1. The lowest BCUT2D eigenvalue weighted by Gasteiger charge is -2.35. The summed E-state index contributed by atoms with van der Waals surface area (Å²) in [6.07, 6.45) is 1.66. The average molecular weight is 408 g/mol. The van der Waals surface area contributed by atoms with Crippen LogP contribution < -0.4 is 20.5 Å². The number of piperazine rings is 1. The van der Waals surface area contributed by atoms with E-state index >= 15 is 0 Å². The fourth-order valence-corrected chi connectivity index (χ4v) is 3.56. The fraction of sp³-hybridized carbons (Fsp3) is 0.333. The number of carbonyl (C=O) groups excluding carboxylic acids is 1. The van der Waals surface area contributed by atoms with Crippen molar-refractivity contribution < 1.29 is 9.53 Å². The highest BCUT2D eigenvalue weighted by atomic mass is 16.5. The molecule has 2 aromatic heterocycles. The number of methoxy groups -OCH3 is 1. The van der Waals surface area contributed by atoms with E-state index in [9.17, 15) is 9.59 Å². The van der Waals surface area contributed by atoms with Crippen LogP contribution in [0.5, 0.6) is 5.75 Å². The Morgan fingerprint density at radius 2 is 1.87 bits per heavy atom. The van der Waals surface area contributed by atoms with E-state index in [-0.39, 0.29) is 11.6 Å². The Kier molecular flexibility index (Phi) is 5.51. The number of anilines is 2. The predicted molar refractivity (Wildman–Crippen MR) is 115 cm³/mol. The van der Waals surface area contributed by atoms with Crippen molar-refractivity contribution in [2.45, 2.75) is 13.5 Å². The second-order valence-electron chi connectivity index (χ2n) is 6.96. The van der Waals surface area contributed by atoms with Gasteiger partial charge in [-0.1, -0.05) is 0 Å². The molecule has 156 valence electrons. The van der Waals surface area contributed by atoms with Gasteiger partial charge in [0, 0.05) is 44.6 Å². The first-order chi connectivity index (χ1) is 14.6. The molecule has 1 N–H and O–H groups in total. The van der Waals surface area contributed by atoms with E-state index in [0.717, 1.165) is 5.75 Å². The molecule has 9 nitrogen and oxygen atoms in total. The molecule has 9 heteroatoms. The van der Waals surface area contributed by atoms with Crippen molar-refractivity contribution >= 4 is 28.7 Å². The number of nitrogens with one attached hydrogen (secondary N) is 1. The Morgan fingerprint density at radius 3 is 2.53 bits per heavy atom. The summed E-state index contributed by atoms with van der Waals surface area (Å²) in [5, 5.41) is 2.89. The number of carbonyl (C=O) groups is 1. The van der Waals surface area contributed by atoms with Gasteiger partial charge in [0.2, 0.25) is 0 Å². The van der Waals surface area contributed by atoms with Gasteiger partial charge in [-0.3, -0.25) is 9.36 Å². The SMILES string of the molecule is CCn1c(=O)c(N2CCN(C(=O)Nc3ccc(OC)cc3)CC2)nc2cccnc21. The minimum atomic E-state index is -0.165. The van der Waals surface area contributed by atoms with Gasteiger partial charge in [-0.15, -0.1) is 0 Å². The first-order valence-electron chi connectivity index (χ1n) is 9.91. The summed E-state index contributed by atoms with van der Waals surface area (Å²) in [5.74, 6) is 1.14. The molecule has 0 aliphatic carbocycles. The van der Waals surface area contributed by atoms with Crippen LogP contribution in [-0.4, -0.2) is 58.8 Å². The second kappa shape index (κ2) is 8.40. The van der Waals surface area contributed by atoms with Crippen molar-refractivity contribution in [1.82, 2.24) is 19.4 Å². The normalized spacial score (nSPS) is 14.1. The topological polar surface area (TPSA) is 92.6 Å². The maximum atomic E-state index is 12.9. The molecule has 1 aliphatic rings. The smallest absolute Gasteiger partial charge is 0.321 e. The molecule has 0 bridgehead atoms. The van der Waals surface area contributed by atoms with E-state index in [1.165, 1.54) is 0 Å². The molecule has 3 heterocycles. The van der Waals surface area contributed by atoms with Gasteiger partial charge in [0.15, 0.2) is 11.5 Å². The van der Waals surface area contributed by atoms with Crippen LogP contribution in [-0.2, 0) is 6.54 Å². The zero-order valence-electron chi connectivity index (χ0n) is 17.0. The van der Waals surface area contributed by atoms with Gasteiger partial charge >= 0.3 is 6.03 Å². The summed E-state index contributed by atoms with van der Waals surface area (Å²) in [6.45, 7) is 4.51. The van der Waals surface area contributed by atoms with Crippen molar-refractivity contribution in [3.8, 4) is 5.75 Å². The Bertz CT molecular complexity index is 1100. The number of pyridine rings is 1. The zero-order valence-corrected chi connectivity index (χ0v) is 17.0. The van der Waals surface area contributed by atoms with Crippen LogP contribution in [0.3, 0.4) is 0 Å². The molecule has 4 rings (SSSR count). The number of amides is 2. The Hall–Kier alpha value is -3.62. The summed E-state index contributed by atoms with van der Waals surface area (Å²) >= 11 is 0. The number of benzene rings is 1. The number of aryl methyl sites for hydroxylation is 1. The number of nitrogens with zero attached hydrogens (tertiary/aromatic N) is 5. The van der Waals surface area contributed by atoms with Crippen LogP contribution in [0.2, 0.25) is 0 Å². The van der Waals surface area contributed by atoms with E-state index < -0.39 is 0 Å². The fourth-order valence-electron chi connectivity index (χ4n) is 3.56. The Balaban J connectivity index is 1.46. The molecule has 1 aromatic carbocycles. The van der Waals surface area contributed by atoms with E-state index in [4.69, 9.17) is 4.74 Å². The van der Waals surface area contributed by atoms with Crippen molar-refractivity contribution in [2.24, 2.45) is 0 Å². The third kappa shape index (κ3) is 3.78. The summed E-state index contributed by atoms with van der Waals surface area (Å²) in [5.41, 5.74) is 1.83. The highest BCUT2D eigenvalue weighted by Gasteiger charge is 2.25. The van der Waals surface area contributed by atoms with Gasteiger partial charge in [0.1, 0.15) is 11.3 Å². The third-order valence-corrected chi connectivity index (χ3v) is 5.21. The number of ether oxygens (including phenoxy) is 1. The van der Waals surface area contributed by atoms with Gasteiger partial charge < -0.3 is 19.9 Å². The standard InChI is InChI=1S/C21H24N6O3/c1-3-27-18-17(5-4-10-22-18)24-19(20(27)28)25-11-13-26(14-12-25)21(29)23-15-6-8-16(30-2)9-7-15/h4-10H,3,11-14H2,1-2H3,(H,23,29). The largest absolute Gasteiger partial charge is 0.497 e. The van der Waals surface area contributed by atoms with Crippen molar-refractivity contribution in [3.63, 3.8) is 0 Å². The van der Waals surface area contributed by atoms with Crippen LogP contribution in [0.4, 0.5) is 16.3 Å². The molecule has 30 heavy (non-hydrogen) atoms. The Morgan fingerprint density at radius 1 is 1.13 bits per heavy atom. The molecule has 3 aromatic rings. The van der Waals surface area contributed by atoms with E-state index in [1.54, 1.807) is 47.0 Å². The van der Waals surface area contributed by atoms with E-state index in [0.29, 0.717) is 55.4 Å². The van der Waals surface area contributed by atoms with Crippen LogP contribution in [0.15, 0.2) is 47.4 Å². The summed E-state index contributed by atoms with van der Waals surface area (Å²) in [7, 11) is 1.60.